The van der Waals surface area contributed by atoms with Crippen LogP contribution in [0, 0.1) is 5.92 Å². The SMILES string of the molecule is CC(C)NS(=O)(=O)c1ccc(NC(=O)[C@@H](NC(=O)c2cccs2)C(C)C)cc1. The molecule has 0 aliphatic rings. The van der Waals surface area contributed by atoms with Gasteiger partial charge in [0.25, 0.3) is 5.91 Å². The molecule has 0 spiro atoms. The minimum absolute atomic E-state index is 0.116. The molecule has 2 amide bonds. The maximum atomic E-state index is 12.6. The third-order valence-corrected chi connectivity index (χ3v) is 6.35. The summed E-state index contributed by atoms with van der Waals surface area (Å²) in [7, 11) is -3.59. The lowest BCUT2D eigenvalue weighted by molar-refractivity contribution is -0.118. The fraction of sp³-hybridized carbons (Fsp3) is 0.368. The zero-order valence-electron chi connectivity index (χ0n) is 16.2. The van der Waals surface area contributed by atoms with Crippen molar-refractivity contribution in [2.24, 2.45) is 5.92 Å². The van der Waals surface area contributed by atoms with Gasteiger partial charge in [0.15, 0.2) is 0 Å². The highest BCUT2D eigenvalue weighted by atomic mass is 32.2. The lowest BCUT2D eigenvalue weighted by Crippen LogP contribution is -2.46. The largest absolute Gasteiger partial charge is 0.339 e. The minimum Gasteiger partial charge on any atom is -0.339 e. The highest BCUT2D eigenvalue weighted by molar-refractivity contribution is 7.89. The third-order valence-electron chi connectivity index (χ3n) is 3.80. The van der Waals surface area contributed by atoms with Crippen molar-refractivity contribution in [1.29, 1.82) is 0 Å². The summed E-state index contributed by atoms with van der Waals surface area (Å²) >= 11 is 1.30. The Bertz CT molecular complexity index is 905. The summed E-state index contributed by atoms with van der Waals surface area (Å²) in [6.07, 6.45) is 0. The molecule has 7 nitrogen and oxygen atoms in total. The first kappa shape index (κ1) is 22.1. The van der Waals surface area contributed by atoms with Gasteiger partial charge in [-0.1, -0.05) is 19.9 Å². The standard InChI is InChI=1S/C19H25N3O4S2/c1-12(2)17(21-18(23)16-6-5-11-27-16)19(24)20-14-7-9-15(10-8-14)28(25,26)22-13(3)4/h5-13,17,22H,1-4H3,(H,20,24)(H,21,23)/t17-/m0/s1. The van der Waals surface area contributed by atoms with Crippen molar-refractivity contribution < 1.29 is 18.0 Å². The second-order valence-electron chi connectivity index (χ2n) is 6.96. The Morgan fingerprint density at radius 1 is 1.00 bits per heavy atom. The van der Waals surface area contributed by atoms with Crippen LogP contribution in [0.4, 0.5) is 5.69 Å². The number of amides is 2. The van der Waals surface area contributed by atoms with Crippen molar-refractivity contribution in [3.63, 3.8) is 0 Å². The van der Waals surface area contributed by atoms with Gasteiger partial charge in [0.2, 0.25) is 15.9 Å². The lowest BCUT2D eigenvalue weighted by Gasteiger charge is -2.21. The van der Waals surface area contributed by atoms with Crippen LogP contribution in [0.1, 0.15) is 37.4 Å². The molecule has 0 fully saturated rings. The van der Waals surface area contributed by atoms with Gasteiger partial charge in [-0.2, -0.15) is 0 Å². The highest BCUT2D eigenvalue weighted by Gasteiger charge is 2.25. The van der Waals surface area contributed by atoms with E-state index >= 15 is 0 Å². The van der Waals surface area contributed by atoms with Crippen molar-refractivity contribution in [3.05, 3.63) is 46.7 Å². The maximum Gasteiger partial charge on any atom is 0.262 e. The number of nitrogens with one attached hydrogen (secondary N) is 3. The van der Waals surface area contributed by atoms with Crippen LogP contribution in [-0.2, 0) is 14.8 Å². The van der Waals surface area contributed by atoms with Crippen LogP contribution >= 0.6 is 11.3 Å². The Morgan fingerprint density at radius 2 is 1.64 bits per heavy atom. The predicted octanol–water partition coefficient (Wildman–Crippen LogP) is 2.83. The Labute approximate surface area is 169 Å². The molecule has 152 valence electrons. The van der Waals surface area contributed by atoms with Gasteiger partial charge in [-0.25, -0.2) is 13.1 Å². The van der Waals surface area contributed by atoms with Gasteiger partial charge in [-0.3, -0.25) is 9.59 Å². The monoisotopic (exact) mass is 423 g/mol. The molecule has 1 heterocycles. The molecule has 3 N–H and O–H groups in total. The number of rotatable bonds is 8. The van der Waals surface area contributed by atoms with Crippen molar-refractivity contribution >= 4 is 38.9 Å². The molecule has 0 radical (unpaired) electrons. The number of carbonyl (C=O) groups excluding carboxylic acids is 2. The van der Waals surface area contributed by atoms with E-state index in [1.807, 2.05) is 13.8 Å². The van der Waals surface area contributed by atoms with Crippen LogP contribution in [-0.4, -0.2) is 32.3 Å². The summed E-state index contributed by atoms with van der Waals surface area (Å²) in [4.78, 5) is 25.5. The molecule has 9 heteroatoms. The zero-order chi connectivity index (χ0) is 20.9. The van der Waals surface area contributed by atoms with Gasteiger partial charge in [0.05, 0.1) is 9.77 Å². The first-order chi connectivity index (χ1) is 13.1. The number of hydrogen-bond donors (Lipinski definition) is 3. The van der Waals surface area contributed by atoms with Crippen molar-refractivity contribution in [2.45, 2.75) is 44.7 Å². The summed E-state index contributed by atoms with van der Waals surface area (Å²) in [5, 5.41) is 7.27. The smallest absolute Gasteiger partial charge is 0.262 e. The highest BCUT2D eigenvalue weighted by Crippen LogP contribution is 2.16. The van der Waals surface area contributed by atoms with Gasteiger partial charge < -0.3 is 10.6 Å². The van der Waals surface area contributed by atoms with Crippen LogP contribution in [0.25, 0.3) is 0 Å². The molecule has 28 heavy (non-hydrogen) atoms. The van der Waals surface area contributed by atoms with E-state index in [-0.39, 0.29) is 28.7 Å². The number of anilines is 1. The Balaban J connectivity index is 2.08. The first-order valence-corrected chi connectivity index (χ1v) is 11.2. The molecule has 1 atom stereocenters. The predicted molar refractivity (Wildman–Crippen MR) is 111 cm³/mol. The first-order valence-electron chi connectivity index (χ1n) is 8.88. The maximum absolute atomic E-state index is 12.6. The molecule has 1 aromatic heterocycles. The number of benzene rings is 1. The van der Waals surface area contributed by atoms with Gasteiger partial charge in [-0.15, -0.1) is 11.3 Å². The van der Waals surface area contributed by atoms with E-state index in [1.165, 1.54) is 35.6 Å². The van der Waals surface area contributed by atoms with E-state index < -0.39 is 16.1 Å². The normalized spacial score (nSPS) is 12.8. The van der Waals surface area contributed by atoms with Gasteiger partial charge >= 0.3 is 0 Å². The Hall–Kier alpha value is -2.23. The molecular formula is C19H25N3O4S2. The minimum atomic E-state index is -3.59. The van der Waals surface area contributed by atoms with Crippen molar-refractivity contribution in [3.8, 4) is 0 Å². The Kier molecular flexibility index (Phi) is 7.34. The summed E-state index contributed by atoms with van der Waals surface area (Å²) in [6, 6.07) is 8.41. The second-order valence-corrected chi connectivity index (χ2v) is 9.62. The van der Waals surface area contributed by atoms with Crippen LogP contribution in [0.5, 0.6) is 0 Å². The molecule has 0 unspecified atom stereocenters. The average Bonchev–Trinajstić information content (AvgIpc) is 3.13. The van der Waals surface area contributed by atoms with Crippen LogP contribution in [0.3, 0.4) is 0 Å². The van der Waals surface area contributed by atoms with E-state index in [1.54, 1.807) is 31.4 Å². The van der Waals surface area contributed by atoms with E-state index in [0.717, 1.165) is 0 Å². The number of hydrogen-bond acceptors (Lipinski definition) is 5. The topological polar surface area (TPSA) is 104 Å². The molecule has 0 saturated heterocycles. The molecular weight excluding hydrogens is 398 g/mol. The van der Waals surface area contributed by atoms with Crippen molar-refractivity contribution in [2.75, 3.05) is 5.32 Å². The summed E-state index contributed by atoms with van der Waals surface area (Å²) in [5.41, 5.74) is 0.449. The van der Waals surface area contributed by atoms with E-state index in [2.05, 4.69) is 15.4 Å². The Morgan fingerprint density at radius 3 is 2.14 bits per heavy atom. The summed E-state index contributed by atoms with van der Waals surface area (Å²) in [5.74, 6) is -0.792. The fourth-order valence-electron chi connectivity index (χ4n) is 2.47. The van der Waals surface area contributed by atoms with E-state index in [0.29, 0.717) is 10.6 Å². The van der Waals surface area contributed by atoms with E-state index in [9.17, 15) is 18.0 Å². The van der Waals surface area contributed by atoms with Crippen LogP contribution in [0.2, 0.25) is 0 Å². The quantitative estimate of drug-likeness (QED) is 0.607. The molecule has 0 saturated carbocycles. The van der Waals surface area contributed by atoms with Crippen LogP contribution in [0.15, 0.2) is 46.7 Å². The van der Waals surface area contributed by atoms with Gasteiger partial charge in [0, 0.05) is 11.7 Å². The molecule has 0 aliphatic heterocycles. The summed E-state index contributed by atoms with van der Waals surface area (Å²) in [6.45, 7) is 7.16. The second kappa shape index (κ2) is 9.31. The summed E-state index contributed by atoms with van der Waals surface area (Å²) < 4.78 is 26.8. The average molecular weight is 424 g/mol. The van der Waals surface area contributed by atoms with Gasteiger partial charge in [0.1, 0.15) is 6.04 Å². The van der Waals surface area contributed by atoms with Crippen LogP contribution < -0.4 is 15.4 Å². The molecule has 0 bridgehead atoms. The molecule has 2 aromatic rings. The molecule has 1 aromatic carbocycles. The number of sulfonamides is 1. The lowest BCUT2D eigenvalue weighted by atomic mass is 10.0. The number of carbonyl (C=O) groups is 2. The third kappa shape index (κ3) is 5.88. The fourth-order valence-corrected chi connectivity index (χ4v) is 4.35. The zero-order valence-corrected chi connectivity index (χ0v) is 17.9. The van der Waals surface area contributed by atoms with Gasteiger partial charge in [-0.05, 0) is 55.5 Å². The molecule has 2 rings (SSSR count). The van der Waals surface area contributed by atoms with E-state index in [4.69, 9.17) is 0 Å². The molecule has 0 aliphatic carbocycles. The number of thiophene rings is 1. The van der Waals surface area contributed by atoms with Crippen molar-refractivity contribution in [1.82, 2.24) is 10.0 Å².